The van der Waals surface area contributed by atoms with E-state index >= 15 is 0 Å². The van der Waals surface area contributed by atoms with Crippen LogP contribution in [0.1, 0.15) is 56.7 Å². The fourth-order valence-electron chi connectivity index (χ4n) is 5.97. The van der Waals surface area contributed by atoms with E-state index in [0.717, 1.165) is 36.6 Å². The lowest BCUT2D eigenvalue weighted by Crippen LogP contribution is -2.37. The molecule has 1 amide bonds. The van der Waals surface area contributed by atoms with Gasteiger partial charge in [-0.2, -0.15) is 5.26 Å². The number of pyridine rings is 2. The second kappa shape index (κ2) is 8.22. The summed E-state index contributed by atoms with van der Waals surface area (Å²) >= 11 is 0. The number of benzene rings is 1. The first-order valence-corrected chi connectivity index (χ1v) is 11.6. The van der Waals surface area contributed by atoms with E-state index < -0.39 is 5.41 Å². The van der Waals surface area contributed by atoms with Crippen molar-refractivity contribution >= 4 is 22.5 Å². The molecule has 2 aliphatic carbocycles. The van der Waals surface area contributed by atoms with Crippen molar-refractivity contribution < 1.29 is 9.18 Å². The van der Waals surface area contributed by atoms with E-state index in [0.29, 0.717) is 35.1 Å². The van der Waals surface area contributed by atoms with E-state index in [1.54, 1.807) is 24.3 Å². The molecule has 3 unspecified atom stereocenters. The third-order valence-corrected chi connectivity index (χ3v) is 7.93. The summed E-state index contributed by atoms with van der Waals surface area (Å²) in [5, 5.41) is 12.8. The lowest BCUT2D eigenvalue weighted by atomic mass is 9.75. The molecule has 3 aromatic rings. The number of hydrogen-bond donors (Lipinski definition) is 1. The molecule has 0 radical (unpaired) electrons. The Morgan fingerprint density at radius 3 is 2.52 bits per heavy atom. The van der Waals surface area contributed by atoms with Gasteiger partial charge in [0.05, 0.1) is 17.4 Å². The molecule has 4 atom stereocenters. The van der Waals surface area contributed by atoms with Gasteiger partial charge in [-0.15, -0.1) is 0 Å². The minimum atomic E-state index is -0.500. The van der Waals surface area contributed by atoms with E-state index in [1.807, 2.05) is 32.2 Å². The monoisotopic (exact) mass is 442 g/mol. The van der Waals surface area contributed by atoms with Gasteiger partial charge in [-0.25, -0.2) is 9.37 Å². The molecule has 5 rings (SSSR count). The molecule has 2 saturated carbocycles. The van der Waals surface area contributed by atoms with Gasteiger partial charge in [0, 0.05) is 17.0 Å². The molecule has 0 spiro atoms. The van der Waals surface area contributed by atoms with Crippen LogP contribution >= 0.6 is 0 Å². The standard InChI is InChI=1S/C27H27FN4O/c1-27(2,26(33)32-22-5-4-21(14-29)31-15-22)19-11-16-9-18(10-17(16)12-19)23-7-8-30-25-6-3-20(28)13-24(23)25/h3-8,13,15-19H,9-12H2,1-2H3,(H,32,33)/t16-,17?,18?,19?/m1/s1. The lowest BCUT2D eigenvalue weighted by molar-refractivity contribution is -0.126. The Bertz CT molecular complexity index is 1230. The summed E-state index contributed by atoms with van der Waals surface area (Å²) < 4.78 is 13.9. The summed E-state index contributed by atoms with van der Waals surface area (Å²) in [6, 6.07) is 12.2. The normalized spacial score (nSPS) is 24.4. The number of nitriles is 1. The number of rotatable bonds is 4. The number of halogens is 1. The number of aromatic nitrogens is 2. The first-order chi connectivity index (χ1) is 15.8. The molecule has 168 valence electrons. The Balaban J connectivity index is 1.27. The van der Waals surface area contributed by atoms with Crippen LogP contribution in [0.2, 0.25) is 0 Å². The van der Waals surface area contributed by atoms with Crippen LogP contribution in [0, 0.1) is 40.3 Å². The van der Waals surface area contributed by atoms with Gasteiger partial charge < -0.3 is 5.32 Å². The number of carbonyl (C=O) groups is 1. The zero-order valence-corrected chi connectivity index (χ0v) is 18.9. The molecule has 0 saturated heterocycles. The van der Waals surface area contributed by atoms with Gasteiger partial charge >= 0.3 is 0 Å². The predicted molar refractivity (Wildman–Crippen MR) is 125 cm³/mol. The first-order valence-electron chi connectivity index (χ1n) is 11.6. The lowest BCUT2D eigenvalue weighted by Gasteiger charge is -2.31. The molecule has 2 aromatic heterocycles. The summed E-state index contributed by atoms with van der Waals surface area (Å²) in [5.74, 6) is 1.66. The molecule has 5 nitrogen and oxygen atoms in total. The maximum Gasteiger partial charge on any atom is 0.230 e. The average molecular weight is 443 g/mol. The van der Waals surface area contributed by atoms with Crippen molar-refractivity contribution in [3.63, 3.8) is 0 Å². The van der Waals surface area contributed by atoms with Crippen molar-refractivity contribution in [2.24, 2.45) is 23.2 Å². The van der Waals surface area contributed by atoms with Crippen molar-refractivity contribution in [2.75, 3.05) is 5.32 Å². The largest absolute Gasteiger partial charge is 0.324 e. The molecular weight excluding hydrogens is 415 g/mol. The summed E-state index contributed by atoms with van der Waals surface area (Å²) in [6.45, 7) is 4.06. The van der Waals surface area contributed by atoms with Gasteiger partial charge in [-0.3, -0.25) is 9.78 Å². The van der Waals surface area contributed by atoms with Gasteiger partial charge in [0.25, 0.3) is 0 Å². The van der Waals surface area contributed by atoms with E-state index in [4.69, 9.17) is 5.26 Å². The number of nitrogens with zero attached hydrogens (tertiary/aromatic N) is 3. The summed E-state index contributed by atoms with van der Waals surface area (Å²) in [7, 11) is 0. The van der Waals surface area contributed by atoms with Crippen LogP contribution in [0.5, 0.6) is 0 Å². The van der Waals surface area contributed by atoms with E-state index in [2.05, 4.69) is 15.3 Å². The Morgan fingerprint density at radius 2 is 1.85 bits per heavy atom. The molecule has 2 aliphatic rings. The number of fused-ring (bicyclic) bond motifs is 2. The van der Waals surface area contributed by atoms with Gasteiger partial charge in [0.1, 0.15) is 17.6 Å². The second-order valence-electron chi connectivity index (χ2n) is 10.1. The second-order valence-corrected chi connectivity index (χ2v) is 10.1. The zero-order chi connectivity index (χ0) is 23.2. The summed E-state index contributed by atoms with van der Waals surface area (Å²) in [4.78, 5) is 21.6. The topological polar surface area (TPSA) is 78.7 Å². The van der Waals surface area contributed by atoms with E-state index in [1.165, 1.54) is 17.8 Å². The molecule has 2 fully saturated rings. The molecule has 6 heteroatoms. The fraction of sp³-hybridized carbons (Fsp3) is 0.407. The summed E-state index contributed by atoms with van der Waals surface area (Å²) in [5.41, 5.74) is 2.49. The fourth-order valence-corrected chi connectivity index (χ4v) is 5.97. The van der Waals surface area contributed by atoms with E-state index in [-0.39, 0.29) is 11.7 Å². The predicted octanol–water partition coefficient (Wildman–Crippen LogP) is 5.83. The molecule has 0 bridgehead atoms. The first kappa shape index (κ1) is 21.5. The van der Waals surface area contributed by atoms with Crippen molar-refractivity contribution in [1.29, 1.82) is 5.26 Å². The summed E-state index contributed by atoms with van der Waals surface area (Å²) in [6.07, 6.45) is 7.58. The third-order valence-electron chi connectivity index (χ3n) is 7.93. The number of hydrogen-bond acceptors (Lipinski definition) is 4. The quantitative estimate of drug-likeness (QED) is 0.552. The number of nitrogens with one attached hydrogen (secondary N) is 1. The molecular formula is C27H27FN4O. The van der Waals surface area contributed by atoms with Crippen molar-refractivity contribution in [3.8, 4) is 6.07 Å². The highest BCUT2D eigenvalue weighted by Gasteiger charge is 2.48. The van der Waals surface area contributed by atoms with Crippen LogP contribution in [-0.4, -0.2) is 15.9 Å². The van der Waals surface area contributed by atoms with Gasteiger partial charge in [-0.05, 0) is 91.3 Å². The van der Waals surface area contributed by atoms with Crippen molar-refractivity contribution in [1.82, 2.24) is 9.97 Å². The van der Waals surface area contributed by atoms with Crippen LogP contribution in [0.4, 0.5) is 10.1 Å². The van der Waals surface area contributed by atoms with Crippen molar-refractivity contribution in [2.45, 2.75) is 45.4 Å². The third kappa shape index (κ3) is 3.97. The Morgan fingerprint density at radius 1 is 1.09 bits per heavy atom. The molecule has 1 N–H and O–H groups in total. The van der Waals surface area contributed by atoms with Crippen LogP contribution in [0.3, 0.4) is 0 Å². The highest BCUT2D eigenvalue weighted by Crippen LogP contribution is 2.56. The average Bonchev–Trinajstić information content (AvgIpc) is 3.39. The zero-order valence-electron chi connectivity index (χ0n) is 18.9. The van der Waals surface area contributed by atoms with Crippen LogP contribution < -0.4 is 5.32 Å². The van der Waals surface area contributed by atoms with Crippen LogP contribution in [0.15, 0.2) is 48.8 Å². The highest BCUT2D eigenvalue weighted by molar-refractivity contribution is 5.95. The molecule has 33 heavy (non-hydrogen) atoms. The molecule has 1 aromatic carbocycles. The van der Waals surface area contributed by atoms with Crippen molar-refractivity contribution in [3.05, 3.63) is 65.9 Å². The SMILES string of the molecule is CC(C)(C(=O)Nc1ccc(C#N)nc1)C1CC2CC(c3ccnc4ccc(F)cc34)C[C@@H]2C1. The maximum atomic E-state index is 13.9. The highest BCUT2D eigenvalue weighted by atomic mass is 19.1. The Labute approximate surface area is 193 Å². The number of anilines is 1. The van der Waals surface area contributed by atoms with Gasteiger partial charge in [0.15, 0.2) is 0 Å². The smallest absolute Gasteiger partial charge is 0.230 e. The minimum absolute atomic E-state index is 0.00821. The van der Waals surface area contributed by atoms with Crippen LogP contribution in [-0.2, 0) is 4.79 Å². The molecule has 2 heterocycles. The van der Waals surface area contributed by atoms with Gasteiger partial charge in [0.2, 0.25) is 5.91 Å². The number of amides is 1. The minimum Gasteiger partial charge on any atom is -0.324 e. The number of carbonyl (C=O) groups excluding carboxylic acids is 1. The Hall–Kier alpha value is -3.33. The van der Waals surface area contributed by atoms with Gasteiger partial charge in [-0.1, -0.05) is 13.8 Å². The Kier molecular flexibility index (Phi) is 5.36. The van der Waals surface area contributed by atoms with E-state index in [9.17, 15) is 9.18 Å². The maximum absolute atomic E-state index is 13.9. The van der Waals surface area contributed by atoms with Crippen LogP contribution in [0.25, 0.3) is 10.9 Å². The molecule has 0 aliphatic heterocycles.